The van der Waals surface area contributed by atoms with Crippen molar-refractivity contribution in [3.05, 3.63) is 112 Å². The topological polar surface area (TPSA) is 84.4 Å². The summed E-state index contributed by atoms with van der Waals surface area (Å²) in [7, 11) is 0. The zero-order valence-corrected chi connectivity index (χ0v) is 21.1. The van der Waals surface area contributed by atoms with Gasteiger partial charge in [-0.05, 0) is 109 Å². The molecule has 6 rings (SSSR count). The van der Waals surface area contributed by atoms with Gasteiger partial charge >= 0.3 is 0 Å². The van der Waals surface area contributed by atoms with Crippen molar-refractivity contribution in [2.45, 2.75) is 27.2 Å². The van der Waals surface area contributed by atoms with Gasteiger partial charge in [0.25, 0.3) is 0 Å². The molecule has 0 aliphatic heterocycles. The molecule has 6 heteroatoms. The molecule has 0 radical (unpaired) electrons. The Hall–Kier alpha value is -4.71. The second kappa shape index (κ2) is 9.39. The fraction of sp³-hybridized carbons (Fsp3) is 0.129. The fourth-order valence-corrected chi connectivity index (χ4v) is 4.76. The fourth-order valence-electron chi connectivity index (χ4n) is 4.76. The first-order chi connectivity index (χ1) is 18.0. The third-order valence-corrected chi connectivity index (χ3v) is 6.46. The summed E-state index contributed by atoms with van der Waals surface area (Å²) >= 11 is 0. The lowest BCUT2D eigenvalue weighted by atomic mass is 9.90. The molecule has 0 bridgehead atoms. The zero-order chi connectivity index (χ0) is 25.4. The van der Waals surface area contributed by atoms with Gasteiger partial charge < -0.3 is 15.0 Å². The van der Waals surface area contributed by atoms with Crippen molar-refractivity contribution in [1.29, 1.82) is 0 Å². The number of benzene rings is 2. The van der Waals surface area contributed by atoms with Crippen LogP contribution in [-0.4, -0.2) is 33.6 Å². The summed E-state index contributed by atoms with van der Waals surface area (Å²) in [5.74, 6) is 0. The maximum absolute atomic E-state index is 4.82. The molecule has 0 unspecified atom stereocenters. The monoisotopic (exact) mass is 484 g/mol. The van der Waals surface area contributed by atoms with E-state index >= 15 is 0 Å². The van der Waals surface area contributed by atoms with E-state index in [4.69, 9.17) is 15.0 Å². The molecule has 0 atom stereocenters. The highest BCUT2D eigenvalue weighted by atomic mass is 14.8. The van der Waals surface area contributed by atoms with Crippen LogP contribution in [0.15, 0.2) is 81.3 Å². The first kappa shape index (κ1) is 22.7. The van der Waals surface area contributed by atoms with Gasteiger partial charge in [-0.15, -0.1) is 0 Å². The van der Waals surface area contributed by atoms with Crippen molar-refractivity contribution in [1.82, 2.24) is 15.0 Å². The van der Waals surface area contributed by atoms with Crippen LogP contribution in [0.4, 0.5) is 11.4 Å². The highest BCUT2D eigenvalue weighted by Gasteiger charge is 2.16. The Morgan fingerprint density at radius 2 is 1.14 bits per heavy atom. The predicted octanol–water partition coefficient (Wildman–Crippen LogP) is 7.27. The minimum atomic E-state index is 0.745. The number of aliphatic imine (C=N–C) groups is 3. The van der Waals surface area contributed by atoms with Gasteiger partial charge in [0, 0.05) is 29.2 Å². The Morgan fingerprint density at radius 3 is 1.65 bits per heavy atom. The maximum atomic E-state index is 4.82. The summed E-state index contributed by atoms with van der Waals surface area (Å²) < 4.78 is 0. The molecule has 1 aliphatic carbocycles. The number of rotatable bonds is 6. The van der Waals surface area contributed by atoms with Crippen LogP contribution in [0.2, 0.25) is 0 Å². The lowest BCUT2D eigenvalue weighted by Gasteiger charge is -2.17. The van der Waals surface area contributed by atoms with E-state index in [1.807, 2.05) is 63.7 Å². The first-order valence-corrected chi connectivity index (χ1v) is 12.4. The van der Waals surface area contributed by atoms with E-state index in [1.165, 1.54) is 10.9 Å². The van der Waals surface area contributed by atoms with Gasteiger partial charge in [0.05, 0.1) is 47.1 Å². The van der Waals surface area contributed by atoms with Gasteiger partial charge in [-0.25, -0.2) is 0 Å². The van der Waals surface area contributed by atoms with Gasteiger partial charge in [0.1, 0.15) is 0 Å². The Balaban J connectivity index is 1.42. The SMILES string of the molecule is Cc1ccc(/C=N/C2=Cc3cc(/N=C/c4ccc(C)[nH]4)cc4cc(/N=C/c5ccc(C)[nH]5)cc(c34)C2)[nH]1. The molecule has 5 aromatic rings. The van der Waals surface area contributed by atoms with Crippen LogP contribution in [0.1, 0.15) is 45.3 Å². The first-order valence-electron chi connectivity index (χ1n) is 12.4. The normalized spacial score (nSPS) is 13.5. The van der Waals surface area contributed by atoms with Crippen LogP contribution < -0.4 is 0 Å². The van der Waals surface area contributed by atoms with Crippen LogP contribution in [0.5, 0.6) is 0 Å². The van der Waals surface area contributed by atoms with E-state index in [-0.39, 0.29) is 0 Å². The van der Waals surface area contributed by atoms with Crippen LogP contribution in [0.3, 0.4) is 0 Å². The molecule has 37 heavy (non-hydrogen) atoms. The third-order valence-electron chi connectivity index (χ3n) is 6.46. The molecule has 182 valence electrons. The van der Waals surface area contributed by atoms with Crippen molar-refractivity contribution in [3.8, 4) is 0 Å². The molecule has 0 saturated carbocycles. The van der Waals surface area contributed by atoms with Crippen LogP contribution in [-0.2, 0) is 6.42 Å². The molecule has 2 aromatic carbocycles. The number of aryl methyl sites for hydroxylation is 3. The molecular formula is C31H28N6. The molecule has 3 heterocycles. The largest absolute Gasteiger partial charge is 0.358 e. The Labute approximate surface area is 215 Å². The third kappa shape index (κ3) is 5.00. The van der Waals surface area contributed by atoms with Crippen LogP contribution in [0, 0.1) is 20.8 Å². The molecule has 0 saturated heterocycles. The van der Waals surface area contributed by atoms with Crippen LogP contribution >= 0.6 is 0 Å². The molecule has 6 nitrogen and oxygen atoms in total. The number of allylic oxidation sites excluding steroid dienone is 1. The quantitative estimate of drug-likeness (QED) is 0.212. The van der Waals surface area contributed by atoms with Gasteiger partial charge in [-0.3, -0.25) is 15.0 Å². The highest BCUT2D eigenvalue weighted by molar-refractivity contribution is 6.00. The van der Waals surface area contributed by atoms with Crippen molar-refractivity contribution < 1.29 is 0 Å². The number of H-pyrrole nitrogens is 3. The molecule has 3 N–H and O–H groups in total. The summed E-state index contributed by atoms with van der Waals surface area (Å²) in [5, 5.41) is 2.36. The highest BCUT2D eigenvalue weighted by Crippen LogP contribution is 2.37. The van der Waals surface area contributed by atoms with Gasteiger partial charge in [0.15, 0.2) is 0 Å². The number of hydrogen-bond donors (Lipinski definition) is 3. The average Bonchev–Trinajstić information content (AvgIpc) is 3.61. The maximum Gasteiger partial charge on any atom is 0.0642 e. The van der Waals surface area contributed by atoms with Gasteiger partial charge in [0.2, 0.25) is 0 Å². The lowest BCUT2D eigenvalue weighted by molar-refractivity contribution is 1.13. The van der Waals surface area contributed by atoms with Crippen molar-refractivity contribution in [2.24, 2.45) is 15.0 Å². The lowest BCUT2D eigenvalue weighted by Crippen LogP contribution is -1.99. The predicted molar refractivity (Wildman–Crippen MR) is 154 cm³/mol. The minimum absolute atomic E-state index is 0.745. The molecule has 0 spiro atoms. The van der Waals surface area contributed by atoms with Gasteiger partial charge in [-0.2, -0.15) is 0 Å². The number of nitrogens with zero attached hydrogens (tertiary/aromatic N) is 3. The molecule has 0 fully saturated rings. The second-order valence-electron chi connectivity index (χ2n) is 9.62. The standard InChI is InChI=1S/C31H28N6/c1-19-4-7-25(35-19)16-32-28-10-22-12-29(33-17-26-8-5-20(2)36-26)14-24-15-30(13-23(11-28)31(22)24)34-18-27-9-6-21(3)37-27/h4-14,16-18,35-37H,15H2,1-3H3/b32-16+,33-17+,34-18+. The number of aromatic nitrogens is 3. The Kier molecular flexibility index (Phi) is 5.77. The Morgan fingerprint density at radius 1 is 0.622 bits per heavy atom. The van der Waals surface area contributed by atoms with E-state index < -0.39 is 0 Å². The second-order valence-corrected chi connectivity index (χ2v) is 9.62. The van der Waals surface area contributed by atoms with E-state index in [0.29, 0.717) is 0 Å². The summed E-state index contributed by atoms with van der Waals surface area (Å²) in [4.78, 5) is 24.3. The average molecular weight is 485 g/mol. The number of hydrogen-bond acceptors (Lipinski definition) is 3. The summed E-state index contributed by atoms with van der Waals surface area (Å²) in [6.45, 7) is 6.12. The number of nitrogens with one attached hydrogen (secondary N) is 3. The zero-order valence-electron chi connectivity index (χ0n) is 21.1. The summed E-state index contributed by atoms with van der Waals surface area (Å²) in [5.41, 5.74) is 11.5. The van der Waals surface area contributed by atoms with E-state index in [9.17, 15) is 0 Å². The molecule has 0 amide bonds. The number of aromatic amines is 3. The van der Waals surface area contributed by atoms with E-state index in [0.717, 1.165) is 68.6 Å². The van der Waals surface area contributed by atoms with Crippen molar-refractivity contribution in [2.75, 3.05) is 0 Å². The molecule has 1 aliphatic rings. The van der Waals surface area contributed by atoms with Crippen molar-refractivity contribution in [3.63, 3.8) is 0 Å². The van der Waals surface area contributed by atoms with Crippen molar-refractivity contribution >= 4 is 46.9 Å². The minimum Gasteiger partial charge on any atom is -0.358 e. The smallest absolute Gasteiger partial charge is 0.0642 e. The molecule has 3 aromatic heterocycles. The van der Waals surface area contributed by atoms with E-state index in [1.54, 1.807) is 0 Å². The molecular weight excluding hydrogens is 456 g/mol. The van der Waals surface area contributed by atoms with Crippen LogP contribution in [0.25, 0.3) is 16.8 Å². The van der Waals surface area contributed by atoms with E-state index in [2.05, 4.69) is 57.4 Å². The summed E-state index contributed by atoms with van der Waals surface area (Å²) in [6.07, 6.45) is 8.56. The summed E-state index contributed by atoms with van der Waals surface area (Å²) in [6, 6.07) is 20.8. The van der Waals surface area contributed by atoms with Gasteiger partial charge in [-0.1, -0.05) is 0 Å². The Bertz CT molecular complexity index is 1730.